The number of carbonyl (C=O) groups excluding carboxylic acids is 1. The fourth-order valence-electron chi connectivity index (χ4n) is 3.19. The van der Waals surface area contributed by atoms with E-state index in [0.29, 0.717) is 19.2 Å². The van der Waals surface area contributed by atoms with Gasteiger partial charge in [-0.1, -0.05) is 27.7 Å². The maximum Gasteiger partial charge on any atom is 0.240 e. The zero-order valence-corrected chi connectivity index (χ0v) is 13.9. The Morgan fingerprint density at radius 2 is 2.05 bits per heavy atom. The monoisotopic (exact) mass is 284 g/mol. The molecule has 1 unspecified atom stereocenters. The van der Waals surface area contributed by atoms with Crippen molar-refractivity contribution in [1.82, 2.24) is 10.2 Å². The van der Waals surface area contributed by atoms with E-state index in [2.05, 4.69) is 33.0 Å². The molecule has 1 aliphatic heterocycles. The molecule has 118 valence electrons. The molecule has 0 spiro atoms. The highest BCUT2D eigenvalue weighted by atomic mass is 16.5. The van der Waals surface area contributed by atoms with Crippen LogP contribution in [0, 0.1) is 5.41 Å². The predicted molar refractivity (Wildman–Crippen MR) is 82.8 cm³/mol. The van der Waals surface area contributed by atoms with Crippen molar-refractivity contribution in [2.75, 3.05) is 26.8 Å². The predicted octanol–water partition coefficient (Wildman–Crippen LogP) is 2.43. The maximum atomic E-state index is 13.0. The van der Waals surface area contributed by atoms with Gasteiger partial charge in [0.25, 0.3) is 0 Å². The molecule has 1 rings (SSSR count). The number of hydrogen-bond donors (Lipinski definition) is 1. The minimum atomic E-state index is -0.0614. The van der Waals surface area contributed by atoms with Gasteiger partial charge in [-0.25, -0.2) is 0 Å². The second kappa shape index (κ2) is 7.99. The largest absolute Gasteiger partial charge is 0.383 e. The molecule has 0 bridgehead atoms. The van der Waals surface area contributed by atoms with Crippen molar-refractivity contribution in [2.24, 2.45) is 5.41 Å². The molecule has 1 atom stereocenters. The molecule has 4 heteroatoms. The number of methoxy groups -OCH3 is 1. The van der Waals surface area contributed by atoms with Gasteiger partial charge in [-0.3, -0.25) is 4.79 Å². The average molecular weight is 284 g/mol. The van der Waals surface area contributed by atoms with Crippen LogP contribution in [0.5, 0.6) is 0 Å². The molecule has 0 radical (unpaired) electrons. The summed E-state index contributed by atoms with van der Waals surface area (Å²) in [5, 5.41) is 3.44. The highest BCUT2D eigenvalue weighted by Gasteiger charge is 2.40. The van der Waals surface area contributed by atoms with Gasteiger partial charge in [0.2, 0.25) is 5.91 Å². The highest BCUT2D eigenvalue weighted by molar-refractivity contribution is 5.83. The van der Waals surface area contributed by atoms with Gasteiger partial charge in [-0.2, -0.15) is 0 Å². The molecule has 0 aromatic rings. The zero-order valence-electron chi connectivity index (χ0n) is 13.9. The van der Waals surface area contributed by atoms with Gasteiger partial charge in [0.1, 0.15) is 0 Å². The van der Waals surface area contributed by atoms with Crippen molar-refractivity contribution in [3.63, 3.8) is 0 Å². The van der Waals surface area contributed by atoms with Crippen LogP contribution < -0.4 is 5.32 Å². The molecule has 1 amide bonds. The van der Waals surface area contributed by atoms with Crippen LogP contribution in [-0.4, -0.2) is 49.7 Å². The molecule has 1 fully saturated rings. The summed E-state index contributed by atoms with van der Waals surface area (Å²) >= 11 is 0. The van der Waals surface area contributed by atoms with Crippen LogP contribution >= 0.6 is 0 Å². The lowest BCUT2D eigenvalue weighted by molar-refractivity contribution is -0.140. The first-order valence-electron chi connectivity index (χ1n) is 8.00. The SMILES string of the molecule is CCC(CC)N(CCOC)C(=O)C1NCCCC1(C)C. The minimum Gasteiger partial charge on any atom is -0.383 e. The molecule has 0 aromatic heterocycles. The van der Waals surface area contributed by atoms with Gasteiger partial charge in [0.05, 0.1) is 12.6 Å². The third-order valence-corrected chi connectivity index (χ3v) is 4.58. The number of rotatable bonds is 7. The van der Waals surface area contributed by atoms with Crippen molar-refractivity contribution in [1.29, 1.82) is 0 Å². The van der Waals surface area contributed by atoms with Crippen molar-refractivity contribution in [3.8, 4) is 0 Å². The van der Waals surface area contributed by atoms with Gasteiger partial charge in [-0.15, -0.1) is 0 Å². The number of piperidine rings is 1. The summed E-state index contributed by atoms with van der Waals surface area (Å²) < 4.78 is 5.19. The maximum absolute atomic E-state index is 13.0. The smallest absolute Gasteiger partial charge is 0.240 e. The van der Waals surface area contributed by atoms with E-state index < -0.39 is 0 Å². The molecule has 0 aromatic carbocycles. The molecule has 1 aliphatic rings. The summed E-state index contributed by atoms with van der Waals surface area (Å²) in [6.07, 6.45) is 4.26. The first kappa shape index (κ1) is 17.4. The summed E-state index contributed by atoms with van der Waals surface area (Å²) in [5.74, 6) is 0.250. The lowest BCUT2D eigenvalue weighted by atomic mass is 9.76. The lowest BCUT2D eigenvalue weighted by Gasteiger charge is -2.42. The van der Waals surface area contributed by atoms with Crippen LogP contribution in [-0.2, 0) is 9.53 Å². The summed E-state index contributed by atoms with van der Waals surface area (Å²) in [6.45, 7) is 10.9. The van der Waals surface area contributed by atoms with Crippen LogP contribution in [0.4, 0.5) is 0 Å². The Balaban J connectivity index is 2.85. The highest BCUT2D eigenvalue weighted by Crippen LogP contribution is 2.31. The number of ether oxygens (including phenoxy) is 1. The standard InChI is InChI=1S/C16H32N2O2/c1-6-13(7-2)18(11-12-20-5)15(19)14-16(3,4)9-8-10-17-14/h13-14,17H,6-12H2,1-5H3. The molecule has 1 saturated heterocycles. The Morgan fingerprint density at radius 3 is 2.55 bits per heavy atom. The first-order chi connectivity index (χ1) is 9.47. The van der Waals surface area contributed by atoms with E-state index in [1.165, 1.54) is 0 Å². The summed E-state index contributed by atoms with van der Waals surface area (Å²) in [7, 11) is 1.69. The lowest BCUT2D eigenvalue weighted by Crippen LogP contribution is -2.58. The van der Waals surface area contributed by atoms with Gasteiger partial charge >= 0.3 is 0 Å². The van der Waals surface area contributed by atoms with Gasteiger partial charge in [0, 0.05) is 19.7 Å². The van der Waals surface area contributed by atoms with Crippen molar-refractivity contribution in [2.45, 2.75) is 65.5 Å². The fraction of sp³-hybridized carbons (Fsp3) is 0.938. The van der Waals surface area contributed by atoms with Crippen LogP contribution in [0.1, 0.15) is 53.4 Å². The second-order valence-corrected chi connectivity index (χ2v) is 6.47. The van der Waals surface area contributed by atoms with Crippen LogP contribution in [0.25, 0.3) is 0 Å². The number of nitrogens with zero attached hydrogens (tertiary/aromatic N) is 1. The van der Waals surface area contributed by atoms with Crippen LogP contribution in [0.2, 0.25) is 0 Å². The zero-order chi connectivity index (χ0) is 15.2. The van der Waals surface area contributed by atoms with Crippen molar-refractivity contribution in [3.05, 3.63) is 0 Å². The molecule has 0 saturated carbocycles. The number of nitrogens with one attached hydrogen (secondary N) is 1. The van der Waals surface area contributed by atoms with Crippen molar-refractivity contribution < 1.29 is 9.53 Å². The molecule has 0 aliphatic carbocycles. The van der Waals surface area contributed by atoms with E-state index in [4.69, 9.17) is 4.74 Å². The minimum absolute atomic E-state index is 0.0344. The molecule has 20 heavy (non-hydrogen) atoms. The third-order valence-electron chi connectivity index (χ3n) is 4.58. The Labute approximate surface area is 124 Å². The van der Waals surface area contributed by atoms with Gasteiger partial charge in [-0.05, 0) is 37.6 Å². The normalized spacial score (nSPS) is 22.0. The van der Waals surface area contributed by atoms with E-state index in [1.807, 2.05) is 4.90 Å². The third kappa shape index (κ3) is 4.19. The summed E-state index contributed by atoms with van der Waals surface area (Å²) in [5.41, 5.74) is 0.0344. The van der Waals surface area contributed by atoms with Crippen LogP contribution in [0.3, 0.4) is 0 Å². The summed E-state index contributed by atoms with van der Waals surface area (Å²) in [6, 6.07) is 0.255. The van der Waals surface area contributed by atoms with E-state index in [9.17, 15) is 4.79 Å². The van der Waals surface area contributed by atoms with Crippen molar-refractivity contribution >= 4 is 5.91 Å². The Hall–Kier alpha value is -0.610. The quantitative estimate of drug-likeness (QED) is 0.780. The number of carbonyl (C=O) groups is 1. The summed E-state index contributed by atoms with van der Waals surface area (Å²) in [4.78, 5) is 15.0. The number of amides is 1. The topological polar surface area (TPSA) is 41.6 Å². The first-order valence-corrected chi connectivity index (χ1v) is 8.00. The Bertz CT molecular complexity index is 301. The van der Waals surface area contributed by atoms with E-state index in [0.717, 1.165) is 32.2 Å². The van der Waals surface area contributed by atoms with E-state index >= 15 is 0 Å². The Kier molecular flexibility index (Phi) is 6.96. The molecule has 1 heterocycles. The molecular formula is C16H32N2O2. The Morgan fingerprint density at radius 1 is 1.40 bits per heavy atom. The van der Waals surface area contributed by atoms with Gasteiger partial charge in [0.15, 0.2) is 0 Å². The van der Waals surface area contributed by atoms with E-state index in [-0.39, 0.29) is 17.4 Å². The van der Waals surface area contributed by atoms with Crippen LogP contribution in [0.15, 0.2) is 0 Å². The number of hydrogen-bond acceptors (Lipinski definition) is 3. The average Bonchev–Trinajstić information content (AvgIpc) is 2.42. The molecular weight excluding hydrogens is 252 g/mol. The van der Waals surface area contributed by atoms with Gasteiger partial charge < -0.3 is 15.0 Å². The van der Waals surface area contributed by atoms with E-state index in [1.54, 1.807) is 7.11 Å². The molecule has 1 N–H and O–H groups in total. The second-order valence-electron chi connectivity index (χ2n) is 6.47. The fourth-order valence-corrected chi connectivity index (χ4v) is 3.19. The molecule has 4 nitrogen and oxygen atoms in total.